The van der Waals surface area contributed by atoms with E-state index in [1.807, 2.05) is 4.90 Å². The minimum atomic E-state index is -0.0795. The van der Waals surface area contributed by atoms with Gasteiger partial charge in [0.2, 0.25) is 5.91 Å². The number of hydrogen-bond donors (Lipinski definition) is 1. The molecular formula is C11H16ClN3O2S. The number of aliphatic hydroxyl groups excluding tert-OH is 1. The first-order valence-electron chi connectivity index (χ1n) is 5.88. The maximum Gasteiger partial charge on any atom is 0.219 e. The van der Waals surface area contributed by atoms with Crippen LogP contribution in [0.5, 0.6) is 0 Å². The third kappa shape index (κ3) is 2.93. The van der Waals surface area contributed by atoms with Gasteiger partial charge in [-0.05, 0) is 6.42 Å². The number of aliphatic hydroxyl groups is 1. The van der Waals surface area contributed by atoms with Crippen molar-refractivity contribution in [3.05, 3.63) is 10.0 Å². The summed E-state index contributed by atoms with van der Waals surface area (Å²) in [6.45, 7) is 4.63. The molecule has 1 N–H and O–H groups in total. The van der Waals surface area contributed by atoms with Crippen molar-refractivity contribution >= 4 is 34.0 Å². The molecule has 1 aliphatic rings. The lowest BCUT2D eigenvalue weighted by molar-refractivity contribution is -0.128. The van der Waals surface area contributed by atoms with Crippen molar-refractivity contribution in [1.82, 2.24) is 9.88 Å². The van der Waals surface area contributed by atoms with Gasteiger partial charge >= 0.3 is 0 Å². The van der Waals surface area contributed by atoms with Crippen molar-refractivity contribution in [2.45, 2.75) is 20.0 Å². The van der Waals surface area contributed by atoms with Crippen molar-refractivity contribution in [3.63, 3.8) is 0 Å². The standard InChI is InChI=1S/C11H16ClN3O2S/c1-8(17)14-3-2-4-15(6-5-14)11-13-10(12)9(7-16)18-11/h16H,2-7H2,1H3. The van der Waals surface area contributed by atoms with Crippen LogP contribution in [0.1, 0.15) is 18.2 Å². The maximum atomic E-state index is 11.3. The summed E-state index contributed by atoms with van der Waals surface area (Å²) in [5.41, 5.74) is 0. The average Bonchev–Trinajstić information content (AvgIpc) is 2.58. The normalized spacial score (nSPS) is 16.8. The summed E-state index contributed by atoms with van der Waals surface area (Å²) in [4.78, 5) is 20.3. The van der Waals surface area contributed by atoms with Gasteiger partial charge in [-0.25, -0.2) is 4.98 Å². The molecule has 7 heteroatoms. The number of halogens is 1. The Morgan fingerprint density at radius 1 is 1.44 bits per heavy atom. The summed E-state index contributed by atoms with van der Waals surface area (Å²) in [6.07, 6.45) is 0.922. The predicted molar refractivity (Wildman–Crippen MR) is 72.1 cm³/mol. The van der Waals surface area contributed by atoms with Crippen molar-refractivity contribution in [2.24, 2.45) is 0 Å². The highest BCUT2D eigenvalue weighted by atomic mass is 35.5. The summed E-state index contributed by atoms with van der Waals surface area (Å²) in [5, 5.41) is 10.3. The molecule has 0 unspecified atom stereocenters. The Kier molecular flexibility index (Phi) is 4.42. The first-order chi connectivity index (χ1) is 8.61. The number of carbonyl (C=O) groups is 1. The van der Waals surface area contributed by atoms with Crippen molar-refractivity contribution in [2.75, 3.05) is 31.1 Å². The molecule has 0 aliphatic carbocycles. The zero-order chi connectivity index (χ0) is 13.1. The van der Waals surface area contributed by atoms with Gasteiger partial charge in [0.25, 0.3) is 0 Å². The number of nitrogens with zero attached hydrogens (tertiary/aromatic N) is 3. The van der Waals surface area contributed by atoms with Gasteiger partial charge in [-0.15, -0.1) is 0 Å². The van der Waals surface area contributed by atoms with E-state index in [1.54, 1.807) is 6.92 Å². The van der Waals surface area contributed by atoms with Gasteiger partial charge < -0.3 is 14.9 Å². The van der Waals surface area contributed by atoms with E-state index in [2.05, 4.69) is 9.88 Å². The van der Waals surface area contributed by atoms with E-state index < -0.39 is 0 Å². The van der Waals surface area contributed by atoms with E-state index in [1.165, 1.54) is 11.3 Å². The molecule has 100 valence electrons. The number of aromatic nitrogens is 1. The lowest BCUT2D eigenvalue weighted by Crippen LogP contribution is -2.33. The molecule has 0 atom stereocenters. The van der Waals surface area contributed by atoms with Gasteiger partial charge in [0.05, 0.1) is 11.5 Å². The highest BCUT2D eigenvalue weighted by molar-refractivity contribution is 7.16. The predicted octanol–water partition coefficient (Wildman–Crippen LogP) is 1.35. The van der Waals surface area contributed by atoms with E-state index in [9.17, 15) is 4.79 Å². The molecule has 2 rings (SSSR count). The van der Waals surface area contributed by atoms with Gasteiger partial charge in [0, 0.05) is 33.1 Å². The van der Waals surface area contributed by atoms with Crippen LogP contribution >= 0.6 is 22.9 Å². The second-order valence-electron chi connectivity index (χ2n) is 4.22. The largest absolute Gasteiger partial charge is 0.391 e. The second kappa shape index (κ2) is 5.86. The first-order valence-corrected chi connectivity index (χ1v) is 7.07. The minimum Gasteiger partial charge on any atom is -0.391 e. The van der Waals surface area contributed by atoms with Gasteiger partial charge in [-0.3, -0.25) is 4.79 Å². The molecule has 2 heterocycles. The SMILES string of the molecule is CC(=O)N1CCCN(c2nc(Cl)c(CO)s2)CC1. The molecule has 1 aliphatic heterocycles. The smallest absolute Gasteiger partial charge is 0.219 e. The van der Waals surface area contributed by atoms with Gasteiger partial charge in [0.1, 0.15) is 5.15 Å². The first kappa shape index (κ1) is 13.6. The van der Waals surface area contributed by atoms with Crippen LogP contribution in [-0.4, -0.2) is 47.1 Å². The van der Waals surface area contributed by atoms with E-state index >= 15 is 0 Å². The number of carbonyl (C=O) groups excluding carboxylic acids is 1. The molecule has 1 fully saturated rings. The number of amides is 1. The van der Waals surface area contributed by atoms with Crippen LogP contribution in [0.3, 0.4) is 0 Å². The van der Waals surface area contributed by atoms with Crippen LogP contribution < -0.4 is 4.90 Å². The number of anilines is 1. The second-order valence-corrected chi connectivity index (χ2v) is 5.64. The third-order valence-electron chi connectivity index (χ3n) is 2.99. The quantitative estimate of drug-likeness (QED) is 0.893. The van der Waals surface area contributed by atoms with Crippen LogP contribution in [-0.2, 0) is 11.4 Å². The Balaban J connectivity index is 2.07. The average molecular weight is 290 g/mol. The van der Waals surface area contributed by atoms with Crippen molar-refractivity contribution < 1.29 is 9.90 Å². The number of rotatable bonds is 2. The zero-order valence-electron chi connectivity index (χ0n) is 10.2. The van der Waals surface area contributed by atoms with Crippen LogP contribution in [0.15, 0.2) is 0 Å². The molecular weight excluding hydrogens is 274 g/mol. The van der Waals surface area contributed by atoms with Gasteiger partial charge in [-0.1, -0.05) is 22.9 Å². The Morgan fingerprint density at radius 2 is 2.22 bits per heavy atom. The maximum absolute atomic E-state index is 11.3. The summed E-state index contributed by atoms with van der Waals surface area (Å²) < 4.78 is 0. The fourth-order valence-electron chi connectivity index (χ4n) is 1.98. The Hall–Kier alpha value is -0.850. The molecule has 0 bridgehead atoms. The molecule has 0 radical (unpaired) electrons. The number of thiazole rings is 1. The van der Waals surface area contributed by atoms with Crippen molar-refractivity contribution in [3.8, 4) is 0 Å². The van der Waals surface area contributed by atoms with E-state index in [0.717, 1.165) is 31.2 Å². The van der Waals surface area contributed by atoms with Crippen LogP contribution in [0, 0.1) is 0 Å². The zero-order valence-corrected chi connectivity index (χ0v) is 11.8. The fraction of sp³-hybridized carbons (Fsp3) is 0.636. The van der Waals surface area contributed by atoms with E-state index in [4.69, 9.17) is 16.7 Å². The molecule has 0 saturated carbocycles. The van der Waals surface area contributed by atoms with Crippen molar-refractivity contribution in [1.29, 1.82) is 0 Å². The topological polar surface area (TPSA) is 56.7 Å². The summed E-state index contributed by atoms with van der Waals surface area (Å²) >= 11 is 7.35. The van der Waals surface area contributed by atoms with Gasteiger partial charge in [-0.2, -0.15) is 0 Å². The lowest BCUT2D eigenvalue weighted by atomic mass is 10.4. The molecule has 0 aromatic carbocycles. The monoisotopic (exact) mass is 289 g/mol. The lowest BCUT2D eigenvalue weighted by Gasteiger charge is -2.20. The van der Waals surface area contributed by atoms with Gasteiger partial charge in [0.15, 0.2) is 5.13 Å². The van der Waals surface area contributed by atoms with E-state index in [-0.39, 0.29) is 12.5 Å². The summed E-state index contributed by atoms with van der Waals surface area (Å²) in [7, 11) is 0. The highest BCUT2D eigenvalue weighted by Gasteiger charge is 2.20. The molecule has 18 heavy (non-hydrogen) atoms. The Labute approximate surface area is 115 Å². The molecule has 1 aromatic rings. The van der Waals surface area contributed by atoms with E-state index in [0.29, 0.717) is 16.6 Å². The highest BCUT2D eigenvalue weighted by Crippen LogP contribution is 2.30. The fourth-order valence-corrected chi connectivity index (χ4v) is 3.15. The van der Waals surface area contributed by atoms with Crippen LogP contribution in [0.2, 0.25) is 5.15 Å². The van der Waals surface area contributed by atoms with Crippen LogP contribution in [0.4, 0.5) is 5.13 Å². The molecule has 5 nitrogen and oxygen atoms in total. The molecule has 1 aromatic heterocycles. The molecule has 1 amide bonds. The Bertz CT molecular complexity index is 438. The third-order valence-corrected chi connectivity index (χ3v) is 4.52. The number of hydrogen-bond acceptors (Lipinski definition) is 5. The summed E-state index contributed by atoms with van der Waals surface area (Å²) in [6, 6.07) is 0. The minimum absolute atomic E-state index is 0.0795. The molecule has 1 saturated heterocycles. The summed E-state index contributed by atoms with van der Waals surface area (Å²) in [5.74, 6) is 0.116. The molecule has 0 spiro atoms. The van der Waals surface area contributed by atoms with Crippen LogP contribution in [0.25, 0.3) is 0 Å². The Morgan fingerprint density at radius 3 is 2.83 bits per heavy atom.